The minimum atomic E-state index is 0.229. The van der Waals surface area contributed by atoms with Gasteiger partial charge >= 0.3 is 0 Å². The van der Waals surface area contributed by atoms with E-state index in [1.807, 2.05) is 0 Å². The van der Waals surface area contributed by atoms with E-state index in [0.29, 0.717) is 0 Å². The summed E-state index contributed by atoms with van der Waals surface area (Å²) in [5, 5.41) is 3.23. The SMILES string of the molecule is CC1(c2ccccc2)C=CNCC1. The molecule has 0 bridgehead atoms. The van der Waals surface area contributed by atoms with Crippen molar-refractivity contribution in [3.05, 3.63) is 48.2 Å². The van der Waals surface area contributed by atoms with Crippen molar-refractivity contribution in [2.45, 2.75) is 18.8 Å². The Morgan fingerprint density at radius 2 is 2.00 bits per heavy atom. The fraction of sp³-hybridized carbons (Fsp3) is 0.333. The number of allylic oxidation sites excluding steroid dienone is 1. The van der Waals surface area contributed by atoms with Crippen molar-refractivity contribution in [1.29, 1.82) is 0 Å². The highest BCUT2D eigenvalue weighted by atomic mass is 14.8. The summed E-state index contributed by atoms with van der Waals surface area (Å²) >= 11 is 0. The molecule has 1 nitrogen and oxygen atoms in total. The monoisotopic (exact) mass is 173 g/mol. The van der Waals surface area contributed by atoms with Crippen LogP contribution in [0.3, 0.4) is 0 Å². The van der Waals surface area contributed by atoms with Crippen molar-refractivity contribution in [2.75, 3.05) is 6.54 Å². The van der Waals surface area contributed by atoms with Crippen LogP contribution in [0.5, 0.6) is 0 Å². The van der Waals surface area contributed by atoms with Crippen LogP contribution >= 0.6 is 0 Å². The smallest absolute Gasteiger partial charge is 0.0152 e. The number of rotatable bonds is 1. The summed E-state index contributed by atoms with van der Waals surface area (Å²) in [6.45, 7) is 3.36. The molecule has 2 rings (SSSR count). The summed E-state index contributed by atoms with van der Waals surface area (Å²) in [6.07, 6.45) is 5.50. The van der Waals surface area contributed by atoms with E-state index in [2.05, 4.69) is 54.8 Å². The third kappa shape index (κ3) is 1.59. The van der Waals surface area contributed by atoms with Crippen molar-refractivity contribution in [1.82, 2.24) is 5.32 Å². The normalized spacial score (nSPS) is 26.8. The van der Waals surface area contributed by atoms with Gasteiger partial charge in [0.05, 0.1) is 0 Å². The van der Waals surface area contributed by atoms with Gasteiger partial charge in [0.25, 0.3) is 0 Å². The predicted octanol–water partition coefficient (Wildman–Crippen LogP) is 2.45. The van der Waals surface area contributed by atoms with Crippen LogP contribution < -0.4 is 5.32 Å². The van der Waals surface area contributed by atoms with Gasteiger partial charge in [0.1, 0.15) is 0 Å². The van der Waals surface area contributed by atoms with E-state index < -0.39 is 0 Å². The van der Waals surface area contributed by atoms with Gasteiger partial charge in [0.2, 0.25) is 0 Å². The molecule has 1 heterocycles. The van der Waals surface area contributed by atoms with Gasteiger partial charge in [-0.25, -0.2) is 0 Å². The van der Waals surface area contributed by atoms with Gasteiger partial charge in [0.15, 0.2) is 0 Å². The van der Waals surface area contributed by atoms with Crippen LogP contribution in [0.1, 0.15) is 18.9 Å². The van der Waals surface area contributed by atoms with Crippen LogP contribution in [0.4, 0.5) is 0 Å². The lowest BCUT2D eigenvalue weighted by Gasteiger charge is -2.29. The maximum absolute atomic E-state index is 3.23. The molecule has 0 fully saturated rings. The highest BCUT2D eigenvalue weighted by molar-refractivity contribution is 5.30. The van der Waals surface area contributed by atoms with E-state index in [4.69, 9.17) is 0 Å². The summed E-state index contributed by atoms with van der Waals surface area (Å²) < 4.78 is 0. The molecule has 0 aliphatic carbocycles. The quantitative estimate of drug-likeness (QED) is 0.688. The van der Waals surface area contributed by atoms with Crippen LogP contribution in [-0.4, -0.2) is 6.54 Å². The van der Waals surface area contributed by atoms with Gasteiger partial charge in [0, 0.05) is 12.0 Å². The van der Waals surface area contributed by atoms with Gasteiger partial charge in [-0.05, 0) is 18.2 Å². The molecule has 0 amide bonds. The Labute approximate surface area is 79.5 Å². The molecule has 0 aromatic heterocycles. The van der Waals surface area contributed by atoms with E-state index >= 15 is 0 Å². The van der Waals surface area contributed by atoms with Gasteiger partial charge in [-0.2, -0.15) is 0 Å². The first-order chi connectivity index (χ1) is 6.31. The van der Waals surface area contributed by atoms with Crippen LogP contribution in [0.25, 0.3) is 0 Å². The Morgan fingerprint density at radius 3 is 2.62 bits per heavy atom. The molecule has 0 saturated carbocycles. The lowest BCUT2D eigenvalue weighted by molar-refractivity contribution is 0.502. The zero-order chi connectivity index (χ0) is 9.15. The maximum atomic E-state index is 3.23. The summed E-state index contributed by atoms with van der Waals surface area (Å²) in [5.74, 6) is 0. The second-order valence-electron chi connectivity index (χ2n) is 3.82. The number of benzene rings is 1. The molecule has 1 aliphatic heterocycles. The summed E-state index contributed by atoms with van der Waals surface area (Å²) in [7, 11) is 0. The first-order valence-corrected chi connectivity index (χ1v) is 4.78. The Bertz CT molecular complexity index is 302. The van der Waals surface area contributed by atoms with E-state index in [0.717, 1.165) is 6.54 Å². The second kappa shape index (κ2) is 3.25. The third-order valence-corrected chi connectivity index (χ3v) is 2.79. The lowest BCUT2D eigenvalue weighted by atomic mass is 9.78. The number of hydrogen-bond donors (Lipinski definition) is 1. The molecule has 1 unspecified atom stereocenters. The van der Waals surface area contributed by atoms with Crippen molar-refractivity contribution in [3.8, 4) is 0 Å². The van der Waals surface area contributed by atoms with Crippen LogP contribution in [-0.2, 0) is 5.41 Å². The summed E-state index contributed by atoms with van der Waals surface area (Å²) in [6, 6.07) is 10.7. The van der Waals surface area contributed by atoms with Crippen molar-refractivity contribution < 1.29 is 0 Å². The Balaban J connectivity index is 2.34. The molecule has 1 aliphatic rings. The topological polar surface area (TPSA) is 12.0 Å². The Kier molecular flexibility index (Phi) is 2.09. The first kappa shape index (κ1) is 8.36. The van der Waals surface area contributed by atoms with Gasteiger partial charge in [-0.15, -0.1) is 0 Å². The molecular formula is C12H15N. The molecule has 0 spiro atoms. The molecule has 1 heteroatoms. The third-order valence-electron chi connectivity index (χ3n) is 2.79. The fourth-order valence-corrected chi connectivity index (χ4v) is 1.80. The fourth-order valence-electron chi connectivity index (χ4n) is 1.80. The number of hydrogen-bond acceptors (Lipinski definition) is 1. The lowest BCUT2D eigenvalue weighted by Crippen LogP contribution is -2.29. The van der Waals surface area contributed by atoms with Crippen LogP contribution in [0.2, 0.25) is 0 Å². The number of nitrogens with one attached hydrogen (secondary N) is 1. The van der Waals surface area contributed by atoms with Crippen molar-refractivity contribution >= 4 is 0 Å². The van der Waals surface area contributed by atoms with Crippen molar-refractivity contribution in [3.63, 3.8) is 0 Å². The van der Waals surface area contributed by atoms with Crippen LogP contribution in [0, 0.1) is 0 Å². The molecule has 0 radical (unpaired) electrons. The van der Waals surface area contributed by atoms with Crippen LogP contribution in [0.15, 0.2) is 42.6 Å². The molecule has 68 valence electrons. The van der Waals surface area contributed by atoms with Gasteiger partial charge in [-0.1, -0.05) is 43.3 Å². The summed E-state index contributed by atoms with van der Waals surface area (Å²) in [5.41, 5.74) is 1.64. The summed E-state index contributed by atoms with van der Waals surface area (Å²) in [4.78, 5) is 0. The first-order valence-electron chi connectivity index (χ1n) is 4.78. The Morgan fingerprint density at radius 1 is 1.23 bits per heavy atom. The standard InChI is InChI=1S/C12H15N/c1-12(7-9-13-10-8-12)11-5-3-2-4-6-11/h2-7,9,13H,8,10H2,1H3. The Hall–Kier alpha value is -1.24. The highest BCUT2D eigenvalue weighted by Crippen LogP contribution is 2.29. The predicted molar refractivity (Wildman–Crippen MR) is 55.6 cm³/mol. The van der Waals surface area contributed by atoms with E-state index in [-0.39, 0.29) is 5.41 Å². The second-order valence-corrected chi connectivity index (χ2v) is 3.82. The van der Waals surface area contributed by atoms with Gasteiger partial charge in [-0.3, -0.25) is 0 Å². The molecule has 1 N–H and O–H groups in total. The minimum Gasteiger partial charge on any atom is -0.391 e. The average Bonchev–Trinajstić information content (AvgIpc) is 2.20. The molecule has 13 heavy (non-hydrogen) atoms. The average molecular weight is 173 g/mol. The molecule has 0 saturated heterocycles. The van der Waals surface area contributed by atoms with Gasteiger partial charge < -0.3 is 5.32 Å². The highest BCUT2D eigenvalue weighted by Gasteiger charge is 2.24. The molecule has 1 atom stereocenters. The minimum absolute atomic E-state index is 0.229. The largest absolute Gasteiger partial charge is 0.391 e. The van der Waals surface area contributed by atoms with E-state index in [1.165, 1.54) is 12.0 Å². The zero-order valence-electron chi connectivity index (χ0n) is 7.96. The molecule has 1 aromatic carbocycles. The maximum Gasteiger partial charge on any atom is 0.0152 e. The molecular weight excluding hydrogens is 158 g/mol. The van der Waals surface area contributed by atoms with E-state index in [9.17, 15) is 0 Å². The van der Waals surface area contributed by atoms with Crippen molar-refractivity contribution in [2.24, 2.45) is 0 Å². The zero-order valence-corrected chi connectivity index (χ0v) is 7.96. The molecule has 1 aromatic rings. The van der Waals surface area contributed by atoms with E-state index in [1.54, 1.807) is 0 Å².